The molecule has 2 saturated heterocycles. The van der Waals surface area contributed by atoms with E-state index in [0.29, 0.717) is 24.8 Å². The fraction of sp³-hybridized carbons (Fsp3) is 0.857. The summed E-state index contributed by atoms with van der Waals surface area (Å²) in [7, 11) is 0. The molecule has 0 aromatic carbocycles. The van der Waals surface area contributed by atoms with Crippen LogP contribution >= 0.6 is 0 Å². The Hall–Kier alpha value is -1.14. The van der Waals surface area contributed by atoms with Crippen LogP contribution in [-0.4, -0.2) is 48.1 Å². The largest absolute Gasteiger partial charge is 0.481 e. The average Bonchev–Trinajstić information content (AvgIpc) is 3.33. The predicted octanol–water partition coefficient (Wildman–Crippen LogP) is 1.12. The van der Waals surface area contributed by atoms with Crippen molar-refractivity contribution in [1.29, 1.82) is 0 Å². The Morgan fingerprint density at radius 1 is 1.00 bits per heavy atom. The Labute approximate surface area is 117 Å². The first kappa shape index (κ1) is 13.8. The first-order valence-corrected chi connectivity index (χ1v) is 7.30. The maximum absolute atomic E-state index is 10.5. The highest BCUT2D eigenvalue weighted by Gasteiger charge is 2.46. The van der Waals surface area contributed by atoms with Gasteiger partial charge in [0.05, 0.1) is 30.3 Å². The normalized spacial score (nSPS) is 44.0. The molecule has 4 rings (SSSR count). The summed E-state index contributed by atoms with van der Waals surface area (Å²) in [5.74, 6) is -0.794. The van der Waals surface area contributed by atoms with Crippen LogP contribution in [0.25, 0.3) is 0 Å². The molecule has 0 radical (unpaired) electrons. The van der Waals surface area contributed by atoms with Gasteiger partial charge >= 0.3 is 5.97 Å². The number of epoxide rings is 2. The highest BCUT2D eigenvalue weighted by molar-refractivity contribution is 5.70. The third-order valence-electron chi connectivity index (χ3n) is 4.56. The first-order chi connectivity index (χ1) is 9.67. The van der Waals surface area contributed by atoms with E-state index in [1.54, 1.807) is 0 Å². The number of carbonyl (C=O) groups is 2. The molecule has 2 saturated carbocycles. The summed E-state index contributed by atoms with van der Waals surface area (Å²) in [6.07, 6.45) is 7.14. The number of ether oxygens (including phenoxy) is 3. The maximum Gasteiger partial charge on any atom is 0.306 e. The average molecular weight is 284 g/mol. The number of carboxylic acid groups (broad SMARTS) is 1. The van der Waals surface area contributed by atoms with Crippen molar-refractivity contribution >= 4 is 12.4 Å². The first-order valence-electron chi connectivity index (χ1n) is 7.30. The van der Waals surface area contributed by atoms with Gasteiger partial charge in [-0.25, -0.2) is 0 Å². The van der Waals surface area contributed by atoms with Gasteiger partial charge in [-0.15, -0.1) is 0 Å². The third-order valence-corrected chi connectivity index (χ3v) is 4.56. The summed E-state index contributed by atoms with van der Waals surface area (Å²) < 4.78 is 15.3. The lowest BCUT2D eigenvalue weighted by atomic mass is 9.90. The lowest BCUT2D eigenvalue weighted by molar-refractivity contribution is -0.142. The van der Waals surface area contributed by atoms with Crippen molar-refractivity contribution in [3.63, 3.8) is 0 Å². The number of rotatable bonds is 3. The second-order valence-corrected chi connectivity index (χ2v) is 5.94. The summed E-state index contributed by atoms with van der Waals surface area (Å²) in [4.78, 5) is 20.4. The number of aliphatic carboxylic acids is 1. The molecule has 0 spiro atoms. The van der Waals surface area contributed by atoms with Crippen LogP contribution in [0.15, 0.2) is 0 Å². The van der Waals surface area contributed by atoms with Crippen LogP contribution in [0.2, 0.25) is 0 Å². The zero-order valence-corrected chi connectivity index (χ0v) is 11.3. The van der Waals surface area contributed by atoms with Gasteiger partial charge in [0.15, 0.2) is 0 Å². The molecule has 4 aliphatic rings. The molecule has 2 aliphatic carbocycles. The van der Waals surface area contributed by atoms with Crippen molar-refractivity contribution in [2.45, 2.75) is 69.0 Å². The Morgan fingerprint density at radius 3 is 2.20 bits per heavy atom. The van der Waals surface area contributed by atoms with Gasteiger partial charge in [-0.1, -0.05) is 0 Å². The number of carboxylic acids is 1. The van der Waals surface area contributed by atoms with Crippen molar-refractivity contribution in [2.75, 3.05) is 0 Å². The quantitative estimate of drug-likeness (QED) is 0.617. The highest BCUT2D eigenvalue weighted by atomic mass is 16.6. The number of hydrogen-bond donors (Lipinski definition) is 1. The van der Waals surface area contributed by atoms with E-state index in [-0.39, 0.29) is 18.1 Å². The van der Waals surface area contributed by atoms with Gasteiger partial charge < -0.3 is 19.3 Å². The van der Waals surface area contributed by atoms with Crippen molar-refractivity contribution in [3.05, 3.63) is 0 Å². The fourth-order valence-electron chi connectivity index (χ4n) is 3.20. The highest BCUT2D eigenvalue weighted by Crippen LogP contribution is 2.39. The predicted molar refractivity (Wildman–Crippen MR) is 67.1 cm³/mol. The van der Waals surface area contributed by atoms with E-state index in [2.05, 4.69) is 0 Å². The van der Waals surface area contributed by atoms with E-state index in [1.807, 2.05) is 0 Å². The van der Waals surface area contributed by atoms with E-state index in [1.165, 1.54) is 0 Å². The van der Waals surface area contributed by atoms with Crippen molar-refractivity contribution < 1.29 is 28.9 Å². The summed E-state index contributed by atoms with van der Waals surface area (Å²) in [5, 5.41) is 8.62. The molecule has 20 heavy (non-hydrogen) atoms. The molecule has 0 amide bonds. The molecule has 0 aromatic rings. The number of fused-ring (bicyclic) bond motifs is 2. The van der Waals surface area contributed by atoms with E-state index < -0.39 is 5.97 Å². The Bertz CT molecular complexity index is 384. The van der Waals surface area contributed by atoms with Gasteiger partial charge in [-0.3, -0.25) is 9.59 Å². The third kappa shape index (κ3) is 3.30. The lowest BCUT2D eigenvalue weighted by Gasteiger charge is -2.15. The minimum absolute atomic E-state index is 0.126. The van der Waals surface area contributed by atoms with E-state index in [9.17, 15) is 9.59 Å². The monoisotopic (exact) mass is 284 g/mol. The molecular weight excluding hydrogens is 264 g/mol. The van der Waals surface area contributed by atoms with Gasteiger partial charge in [-0.05, 0) is 32.1 Å². The molecule has 4 fully saturated rings. The Morgan fingerprint density at radius 2 is 1.65 bits per heavy atom. The van der Waals surface area contributed by atoms with Gasteiger partial charge in [0, 0.05) is 6.42 Å². The molecular formula is C14H20O6. The van der Waals surface area contributed by atoms with E-state index in [0.717, 1.165) is 38.5 Å². The molecule has 0 bridgehead atoms. The van der Waals surface area contributed by atoms with Gasteiger partial charge in [-0.2, -0.15) is 0 Å². The van der Waals surface area contributed by atoms with Crippen molar-refractivity contribution in [2.24, 2.45) is 5.92 Å². The van der Waals surface area contributed by atoms with Crippen LogP contribution in [0.3, 0.4) is 0 Å². The second kappa shape index (κ2) is 5.69. The van der Waals surface area contributed by atoms with Crippen LogP contribution < -0.4 is 0 Å². The number of carbonyl (C=O) groups excluding carboxylic acids is 1. The minimum Gasteiger partial charge on any atom is -0.481 e. The van der Waals surface area contributed by atoms with Gasteiger partial charge in [0.25, 0.3) is 6.47 Å². The molecule has 112 valence electrons. The smallest absolute Gasteiger partial charge is 0.306 e. The summed E-state index contributed by atoms with van der Waals surface area (Å²) >= 11 is 0. The fourth-order valence-corrected chi connectivity index (χ4v) is 3.20. The topological polar surface area (TPSA) is 88.7 Å². The van der Waals surface area contributed by atoms with Crippen molar-refractivity contribution in [1.82, 2.24) is 0 Å². The van der Waals surface area contributed by atoms with E-state index >= 15 is 0 Å². The lowest BCUT2D eigenvalue weighted by Crippen LogP contribution is -2.21. The summed E-state index contributed by atoms with van der Waals surface area (Å²) in [6, 6.07) is 0. The second-order valence-electron chi connectivity index (χ2n) is 5.94. The zero-order valence-electron chi connectivity index (χ0n) is 11.3. The van der Waals surface area contributed by atoms with Crippen LogP contribution in [0, 0.1) is 5.92 Å². The Kier molecular flexibility index (Phi) is 3.94. The maximum atomic E-state index is 10.5. The minimum atomic E-state index is -0.658. The molecule has 6 nitrogen and oxygen atoms in total. The summed E-state index contributed by atoms with van der Waals surface area (Å²) in [6.45, 7) is 0.535. The molecule has 6 atom stereocenters. The zero-order chi connectivity index (χ0) is 14.1. The molecule has 6 heteroatoms. The molecule has 2 heterocycles. The van der Waals surface area contributed by atoms with Crippen LogP contribution in [0.5, 0.6) is 0 Å². The van der Waals surface area contributed by atoms with Crippen LogP contribution in [0.4, 0.5) is 0 Å². The molecule has 0 aromatic heterocycles. The summed E-state index contributed by atoms with van der Waals surface area (Å²) in [5.41, 5.74) is 0. The Balaban J connectivity index is 0.000000121. The number of hydrogen-bond acceptors (Lipinski definition) is 5. The van der Waals surface area contributed by atoms with Crippen LogP contribution in [0.1, 0.15) is 38.5 Å². The molecule has 1 N–H and O–H groups in total. The van der Waals surface area contributed by atoms with E-state index in [4.69, 9.17) is 19.3 Å². The molecule has 2 aliphatic heterocycles. The van der Waals surface area contributed by atoms with Crippen molar-refractivity contribution in [3.8, 4) is 0 Å². The van der Waals surface area contributed by atoms with Crippen LogP contribution in [-0.2, 0) is 23.8 Å². The molecule has 6 unspecified atom stereocenters. The van der Waals surface area contributed by atoms with Gasteiger partial charge in [0.1, 0.15) is 6.10 Å². The standard InChI is InChI=1S/2C7H10O3/c8-4-9-5-1-2-6-7(3-5)10-6;8-7(9)4-1-2-5-6(3-4)10-5/h4-7H,1-3H2;4-6H,1-3H2,(H,8,9). The SMILES string of the molecule is O=C(O)C1CCC2OC2C1.O=COC1CCC2OC2C1. The van der Waals surface area contributed by atoms with Gasteiger partial charge in [0.2, 0.25) is 0 Å².